The first kappa shape index (κ1) is 12.7. The summed E-state index contributed by atoms with van der Waals surface area (Å²) in [4.78, 5) is 4.69. The molecule has 1 aromatic carbocycles. The van der Waals surface area contributed by atoms with Crippen LogP contribution in [0.3, 0.4) is 0 Å². The summed E-state index contributed by atoms with van der Waals surface area (Å²) >= 11 is 11.5. The molecule has 0 aromatic heterocycles. The van der Waals surface area contributed by atoms with E-state index in [1.54, 1.807) is 11.8 Å². The lowest BCUT2D eigenvalue weighted by molar-refractivity contribution is 1.37. The lowest BCUT2D eigenvalue weighted by Crippen LogP contribution is -1.84. The van der Waals surface area contributed by atoms with Gasteiger partial charge in [0.25, 0.3) is 0 Å². The Labute approximate surface area is 114 Å². The molecule has 0 bridgehead atoms. The van der Waals surface area contributed by atoms with Crippen molar-refractivity contribution in [3.8, 4) is 0 Å². The van der Waals surface area contributed by atoms with Gasteiger partial charge in [0, 0.05) is 22.3 Å². The summed E-state index contributed by atoms with van der Waals surface area (Å²) in [6, 6.07) is 5.94. The van der Waals surface area contributed by atoms with Crippen molar-refractivity contribution in [1.29, 1.82) is 0 Å². The van der Waals surface area contributed by atoms with Crippen molar-refractivity contribution in [3.05, 3.63) is 28.8 Å². The van der Waals surface area contributed by atoms with Crippen LogP contribution in [0.25, 0.3) is 0 Å². The molecule has 0 N–H and O–H groups in total. The molecular formula is C11H12ClNS3. The number of thioether (sulfide) groups is 3. The molecule has 0 saturated carbocycles. The van der Waals surface area contributed by atoms with Gasteiger partial charge in [-0.25, -0.2) is 4.99 Å². The second-order valence-electron chi connectivity index (χ2n) is 3.28. The molecule has 86 valence electrons. The van der Waals surface area contributed by atoms with Crippen molar-refractivity contribution < 1.29 is 0 Å². The van der Waals surface area contributed by atoms with Gasteiger partial charge in [0.15, 0.2) is 0 Å². The van der Waals surface area contributed by atoms with E-state index in [0.29, 0.717) is 0 Å². The smallest absolute Gasteiger partial charge is 0.130 e. The summed E-state index contributed by atoms with van der Waals surface area (Å²) in [6.07, 6.45) is 2.09. The molecule has 0 radical (unpaired) electrons. The first-order valence-electron chi connectivity index (χ1n) is 4.91. The Kier molecular flexibility index (Phi) is 4.95. The standard InChI is InChI=1S/C11H12ClNS3/c1-14-7-8-6-9(12)2-3-10(8)13-11-15-4-5-16-11/h2-3,6H,4-5,7H2,1H3. The Hall–Kier alpha value is 0.230. The van der Waals surface area contributed by atoms with Gasteiger partial charge in [-0.1, -0.05) is 35.1 Å². The van der Waals surface area contributed by atoms with Crippen molar-refractivity contribution >= 4 is 56.9 Å². The van der Waals surface area contributed by atoms with E-state index in [9.17, 15) is 0 Å². The second kappa shape index (κ2) is 6.24. The summed E-state index contributed by atoms with van der Waals surface area (Å²) in [6.45, 7) is 0. The molecule has 0 unspecified atom stereocenters. The first-order valence-corrected chi connectivity index (χ1v) is 8.65. The van der Waals surface area contributed by atoms with Crippen LogP contribution in [0, 0.1) is 0 Å². The highest BCUT2D eigenvalue weighted by atomic mass is 35.5. The third kappa shape index (κ3) is 3.36. The average molecular weight is 290 g/mol. The minimum atomic E-state index is 0.791. The molecule has 5 heteroatoms. The highest BCUT2D eigenvalue weighted by molar-refractivity contribution is 8.41. The van der Waals surface area contributed by atoms with Crippen molar-refractivity contribution in [2.75, 3.05) is 17.8 Å². The number of benzene rings is 1. The molecule has 1 nitrogen and oxygen atoms in total. The molecule has 0 atom stereocenters. The van der Waals surface area contributed by atoms with Crippen LogP contribution in [0.1, 0.15) is 5.56 Å². The van der Waals surface area contributed by atoms with E-state index >= 15 is 0 Å². The van der Waals surface area contributed by atoms with Gasteiger partial charge in [-0.2, -0.15) is 11.8 Å². The minimum Gasteiger partial charge on any atom is -0.235 e. The van der Waals surface area contributed by atoms with Gasteiger partial charge in [-0.05, 0) is 30.0 Å². The van der Waals surface area contributed by atoms with Crippen LogP contribution in [0.5, 0.6) is 0 Å². The van der Waals surface area contributed by atoms with E-state index < -0.39 is 0 Å². The molecule has 0 aliphatic carbocycles. The summed E-state index contributed by atoms with van der Waals surface area (Å²) in [5.41, 5.74) is 2.29. The number of rotatable bonds is 3. The molecule has 1 aliphatic rings. The van der Waals surface area contributed by atoms with Crippen LogP contribution in [0.15, 0.2) is 23.2 Å². The van der Waals surface area contributed by atoms with Gasteiger partial charge < -0.3 is 0 Å². The maximum atomic E-state index is 6.00. The normalized spacial score (nSPS) is 15.5. The predicted molar refractivity (Wildman–Crippen MR) is 80.7 cm³/mol. The fourth-order valence-electron chi connectivity index (χ4n) is 1.40. The Morgan fingerprint density at radius 1 is 1.38 bits per heavy atom. The fourth-order valence-corrected chi connectivity index (χ4v) is 4.31. The van der Waals surface area contributed by atoms with Crippen molar-refractivity contribution in [2.24, 2.45) is 4.99 Å². The van der Waals surface area contributed by atoms with Gasteiger partial charge in [-0.3, -0.25) is 0 Å². The highest BCUT2D eigenvalue weighted by Crippen LogP contribution is 2.32. The zero-order chi connectivity index (χ0) is 11.4. The number of hydrogen-bond acceptors (Lipinski definition) is 4. The third-order valence-corrected chi connectivity index (χ3v) is 5.38. The summed E-state index contributed by atoms with van der Waals surface area (Å²) in [5.74, 6) is 3.31. The summed E-state index contributed by atoms with van der Waals surface area (Å²) in [5, 5.41) is 0.791. The van der Waals surface area contributed by atoms with Gasteiger partial charge in [0.2, 0.25) is 0 Å². The topological polar surface area (TPSA) is 12.4 Å². The maximum absolute atomic E-state index is 6.00. The first-order chi connectivity index (χ1) is 7.79. The van der Waals surface area contributed by atoms with Gasteiger partial charge in [-0.15, -0.1) is 0 Å². The zero-order valence-electron chi connectivity index (χ0n) is 8.90. The lowest BCUT2D eigenvalue weighted by atomic mass is 10.2. The number of halogens is 1. The SMILES string of the molecule is CSCc1cc(Cl)ccc1N=C1SCCS1. The van der Waals surface area contributed by atoms with E-state index in [2.05, 4.69) is 11.2 Å². The van der Waals surface area contributed by atoms with Crippen LogP contribution in [0.2, 0.25) is 5.02 Å². The van der Waals surface area contributed by atoms with Crippen molar-refractivity contribution in [1.82, 2.24) is 0 Å². The number of hydrogen-bond donors (Lipinski definition) is 0. The van der Waals surface area contributed by atoms with Gasteiger partial charge in [0.1, 0.15) is 4.38 Å². The Bertz CT molecular complexity index is 398. The fraction of sp³-hybridized carbons (Fsp3) is 0.364. The molecule has 1 aliphatic heterocycles. The second-order valence-corrected chi connectivity index (χ2v) is 7.01. The summed E-state index contributed by atoms with van der Waals surface area (Å²) < 4.78 is 1.18. The van der Waals surface area contributed by atoms with E-state index in [1.165, 1.54) is 21.4 Å². The van der Waals surface area contributed by atoms with Crippen molar-refractivity contribution in [3.63, 3.8) is 0 Å². The molecule has 1 saturated heterocycles. The quantitative estimate of drug-likeness (QED) is 0.802. The largest absolute Gasteiger partial charge is 0.235 e. The maximum Gasteiger partial charge on any atom is 0.130 e. The molecule has 1 fully saturated rings. The minimum absolute atomic E-state index is 0.791. The molecule has 1 aromatic rings. The van der Waals surface area contributed by atoms with E-state index in [-0.39, 0.29) is 0 Å². The molecule has 2 rings (SSSR count). The van der Waals surface area contributed by atoms with E-state index in [4.69, 9.17) is 11.6 Å². The highest BCUT2D eigenvalue weighted by Gasteiger charge is 2.11. The Morgan fingerprint density at radius 2 is 2.12 bits per heavy atom. The van der Waals surface area contributed by atoms with Crippen LogP contribution in [-0.2, 0) is 5.75 Å². The van der Waals surface area contributed by atoms with E-state index in [0.717, 1.165) is 16.5 Å². The predicted octanol–water partition coefficient (Wildman–Crippen LogP) is 4.67. The third-order valence-electron chi connectivity index (χ3n) is 2.09. The molecular weight excluding hydrogens is 278 g/mol. The van der Waals surface area contributed by atoms with E-state index in [1.807, 2.05) is 41.7 Å². The lowest BCUT2D eigenvalue weighted by Gasteiger charge is -2.05. The Balaban J connectivity index is 2.27. The monoisotopic (exact) mass is 289 g/mol. The Morgan fingerprint density at radius 3 is 2.81 bits per heavy atom. The summed E-state index contributed by atoms with van der Waals surface area (Å²) in [7, 11) is 0. The number of aliphatic imine (C=N–C) groups is 1. The molecule has 16 heavy (non-hydrogen) atoms. The van der Waals surface area contributed by atoms with Crippen LogP contribution < -0.4 is 0 Å². The van der Waals surface area contributed by atoms with Crippen LogP contribution in [-0.4, -0.2) is 22.1 Å². The molecule has 0 amide bonds. The number of nitrogens with zero attached hydrogens (tertiary/aromatic N) is 1. The van der Waals surface area contributed by atoms with Crippen molar-refractivity contribution in [2.45, 2.75) is 5.75 Å². The van der Waals surface area contributed by atoms with Crippen LogP contribution >= 0.6 is 46.9 Å². The molecule has 0 spiro atoms. The zero-order valence-corrected chi connectivity index (χ0v) is 12.1. The molecule has 1 heterocycles. The van der Waals surface area contributed by atoms with Gasteiger partial charge >= 0.3 is 0 Å². The van der Waals surface area contributed by atoms with Crippen LogP contribution in [0.4, 0.5) is 5.69 Å². The average Bonchev–Trinajstić information content (AvgIpc) is 2.75. The van der Waals surface area contributed by atoms with Gasteiger partial charge in [0.05, 0.1) is 5.69 Å².